The van der Waals surface area contributed by atoms with Crippen LogP contribution in [0.15, 0.2) is 48.7 Å². The van der Waals surface area contributed by atoms with Gasteiger partial charge in [0.25, 0.3) is 0 Å². The molecule has 1 aliphatic heterocycles. The summed E-state index contributed by atoms with van der Waals surface area (Å²) in [5, 5.41) is 2.22. The molecule has 0 fully saturated rings. The van der Waals surface area contributed by atoms with Crippen molar-refractivity contribution in [1.82, 2.24) is 10.2 Å². The number of halogens is 1. The van der Waals surface area contributed by atoms with Crippen LogP contribution < -0.4 is 11.1 Å². The Bertz CT molecular complexity index is 556. The smallest absolute Gasteiger partial charge is 0.210 e. The summed E-state index contributed by atoms with van der Waals surface area (Å²) in [6.07, 6.45) is 8.50. The molecule has 3 nitrogen and oxygen atoms in total. The summed E-state index contributed by atoms with van der Waals surface area (Å²) in [7, 11) is 0. The molecule has 5 heteroatoms. The number of hydrogen-bond donors (Lipinski definition) is 2. The molecule has 1 heterocycles. The summed E-state index contributed by atoms with van der Waals surface area (Å²) in [5.74, 6) is 0. The minimum absolute atomic E-state index is 0.181. The lowest BCUT2D eigenvalue weighted by molar-refractivity contribution is 0.264. The maximum atomic E-state index is 6.55. The van der Waals surface area contributed by atoms with Crippen molar-refractivity contribution in [2.45, 2.75) is 18.5 Å². The van der Waals surface area contributed by atoms with Gasteiger partial charge in [-0.05, 0) is 48.8 Å². The molecule has 0 spiro atoms. The van der Waals surface area contributed by atoms with Crippen LogP contribution in [0.25, 0.3) is 0 Å². The minimum atomic E-state index is -0.886. The molecule has 0 saturated heterocycles. The SMILES string of the molecule is Cc1ccccc1CCN1C=CC=CC1(Cl)NC(N)=S. The van der Waals surface area contributed by atoms with Gasteiger partial charge in [0.1, 0.15) is 0 Å². The van der Waals surface area contributed by atoms with Crippen molar-refractivity contribution in [2.75, 3.05) is 6.54 Å². The van der Waals surface area contributed by atoms with Gasteiger partial charge in [0.2, 0.25) is 5.12 Å². The monoisotopic (exact) mass is 307 g/mol. The Morgan fingerprint density at radius 1 is 1.40 bits per heavy atom. The van der Waals surface area contributed by atoms with Gasteiger partial charge >= 0.3 is 0 Å². The molecule has 0 bridgehead atoms. The van der Waals surface area contributed by atoms with Crippen molar-refractivity contribution in [1.29, 1.82) is 0 Å². The van der Waals surface area contributed by atoms with Gasteiger partial charge in [0.15, 0.2) is 5.11 Å². The maximum Gasteiger partial charge on any atom is 0.210 e. The van der Waals surface area contributed by atoms with E-state index >= 15 is 0 Å². The zero-order valence-electron chi connectivity index (χ0n) is 11.3. The highest BCUT2D eigenvalue weighted by molar-refractivity contribution is 7.80. The highest BCUT2D eigenvalue weighted by Gasteiger charge is 2.31. The Labute approximate surface area is 130 Å². The fraction of sp³-hybridized carbons (Fsp3) is 0.267. The van der Waals surface area contributed by atoms with Crippen LogP contribution in [0.4, 0.5) is 0 Å². The Morgan fingerprint density at radius 2 is 2.15 bits per heavy atom. The predicted octanol–water partition coefficient (Wildman–Crippen LogP) is 2.65. The van der Waals surface area contributed by atoms with E-state index < -0.39 is 5.12 Å². The Balaban J connectivity index is 2.07. The molecule has 1 aromatic rings. The average molecular weight is 308 g/mol. The maximum absolute atomic E-state index is 6.55. The van der Waals surface area contributed by atoms with E-state index in [1.54, 1.807) is 0 Å². The lowest BCUT2D eigenvalue weighted by Crippen LogP contribution is -2.56. The molecular formula is C15H18ClN3S. The fourth-order valence-electron chi connectivity index (χ4n) is 2.20. The van der Waals surface area contributed by atoms with Crippen LogP contribution in [0.5, 0.6) is 0 Å². The van der Waals surface area contributed by atoms with Gasteiger partial charge in [0, 0.05) is 12.7 Å². The second-order valence-electron chi connectivity index (χ2n) is 4.73. The molecule has 0 aliphatic carbocycles. The van der Waals surface area contributed by atoms with Crippen LogP contribution in [0.1, 0.15) is 11.1 Å². The van der Waals surface area contributed by atoms with Crippen molar-refractivity contribution in [2.24, 2.45) is 5.73 Å². The Morgan fingerprint density at radius 3 is 2.85 bits per heavy atom. The van der Waals surface area contributed by atoms with Crippen LogP contribution >= 0.6 is 23.8 Å². The van der Waals surface area contributed by atoms with E-state index in [-0.39, 0.29) is 5.11 Å². The first-order valence-corrected chi connectivity index (χ1v) is 7.24. The molecule has 1 unspecified atom stereocenters. The summed E-state index contributed by atoms with van der Waals surface area (Å²) in [4.78, 5) is 1.99. The summed E-state index contributed by atoms with van der Waals surface area (Å²) < 4.78 is 0. The zero-order valence-corrected chi connectivity index (χ0v) is 12.9. The molecule has 0 saturated carbocycles. The third kappa shape index (κ3) is 3.52. The van der Waals surface area contributed by atoms with Gasteiger partial charge in [-0.25, -0.2) is 0 Å². The molecule has 0 radical (unpaired) electrons. The molecular weight excluding hydrogens is 290 g/mol. The van der Waals surface area contributed by atoms with Gasteiger partial charge in [-0.3, -0.25) is 0 Å². The Hall–Kier alpha value is -1.52. The lowest BCUT2D eigenvalue weighted by Gasteiger charge is -2.38. The topological polar surface area (TPSA) is 41.3 Å². The molecule has 0 amide bonds. The van der Waals surface area contributed by atoms with E-state index in [4.69, 9.17) is 29.6 Å². The largest absolute Gasteiger partial charge is 0.376 e. The third-order valence-corrected chi connectivity index (χ3v) is 3.83. The number of rotatable bonds is 4. The van der Waals surface area contributed by atoms with E-state index in [1.807, 2.05) is 35.4 Å². The lowest BCUT2D eigenvalue weighted by atomic mass is 10.1. The molecule has 106 valence electrons. The Kier molecular flexibility index (Phi) is 4.68. The van der Waals surface area contributed by atoms with Gasteiger partial charge in [-0.2, -0.15) is 0 Å². The number of nitrogens with zero attached hydrogens (tertiary/aromatic N) is 1. The third-order valence-electron chi connectivity index (χ3n) is 3.29. The van der Waals surface area contributed by atoms with Crippen molar-refractivity contribution >= 4 is 28.9 Å². The number of benzene rings is 1. The highest BCUT2D eigenvalue weighted by atomic mass is 35.5. The molecule has 20 heavy (non-hydrogen) atoms. The number of nitrogens with two attached hydrogens (primary N) is 1. The van der Waals surface area contributed by atoms with E-state index in [1.165, 1.54) is 11.1 Å². The van der Waals surface area contributed by atoms with Crippen LogP contribution in [0, 0.1) is 6.92 Å². The number of aryl methyl sites for hydroxylation is 1. The predicted molar refractivity (Wildman–Crippen MR) is 88.4 cm³/mol. The van der Waals surface area contributed by atoms with E-state index in [9.17, 15) is 0 Å². The average Bonchev–Trinajstić information content (AvgIpc) is 2.38. The van der Waals surface area contributed by atoms with Crippen LogP contribution in [0.2, 0.25) is 0 Å². The molecule has 2 rings (SSSR count). The number of alkyl halides is 1. The molecule has 1 aromatic carbocycles. The summed E-state index contributed by atoms with van der Waals surface area (Å²) in [6, 6.07) is 8.34. The van der Waals surface area contributed by atoms with E-state index in [0.29, 0.717) is 0 Å². The van der Waals surface area contributed by atoms with Gasteiger partial charge < -0.3 is 16.0 Å². The second kappa shape index (κ2) is 6.29. The van der Waals surface area contributed by atoms with Crippen molar-refractivity contribution in [3.63, 3.8) is 0 Å². The van der Waals surface area contributed by atoms with Crippen molar-refractivity contribution in [3.05, 3.63) is 59.8 Å². The zero-order chi connectivity index (χ0) is 14.6. The number of allylic oxidation sites excluding steroid dienone is 2. The van der Waals surface area contributed by atoms with Gasteiger partial charge in [-0.1, -0.05) is 41.9 Å². The molecule has 3 N–H and O–H groups in total. The van der Waals surface area contributed by atoms with E-state index in [2.05, 4.69) is 30.4 Å². The number of hydrogen-bond acceptors (Lipinski definition) is 2. The quantitative estimate of drug-likeness (QED) is 0.510. The van der Waals surface area contributed by atoms with Crippen LogP contribution in [-0.2, 0) is 6.42 Å². The first-order chi connectivity index (χ1) is 9.51. The number of nitrogens with one attached hydrogen (secondary N) is 1. The van der Waals surface area contributed by atoms with Crippen molar-refractivity contribution < 1.29 is 0 Å². The van der Waals surface area contributed by atoms with Gasteiger partial charge in [-0.15, -0.1) is 0 Å². The van der Waals surface area contributed by atoms with Crippen LogP contribution in [0.3, 0.4) is 0 Å². The first-order valence-electron chi connectivity index (χ1n) is 6.45. The normalized spacial score (nSPS) is 21.0. The summed E-state index contributed by atoms with van der Waals surface area (Å²) in [6.45, 7) is 2.88. The van der Waals surface area contributed by atoms with Gasteiger partial charge in [0.05, 0.1) is 0 Å². The van der Waals surface area contributed by atoms with Crippen molar-refractivity contribution in [3.8, 4) is 0 Å². The first kappa shape index (κ1) is 14.9. The minimum Gasteiger partial charge on any atom is -0.376 e. The van der Waals surface area contributed by atoms with E-state index in [0.717, 1.165) is 13.0 Å². The fourth-order valence-corrected chi connectivity index (χ4v) is 2.72. The number of thiocarbonyl (C=S) groups is 1. The molecule has 1 aliphatic rings. The standard InChI is InChI=1S/C15H18ClN3S/c1-12-6-2-3-7-13(12)8-11-19-10-5-4-9-15(19,16)18-14(17)20/h2-7,9-10H,8,11H2,1H3,(H3,17,18,20). The summed E-state index contributed by atoms with van der Waals surface area (Å²) in [5.41, 5.74) is 8.15. The molecule has 1 atom stereocenters. The summed E-state index contributed by atoms with van der Waals surface area (Å²) >= 11 is 11.4. The highest BCUT2D eigenvalue weighted by Crippen LogP contribution is 2.24. The molecule has 0 aromatic heterocycles. The van der Waals surface area contributed by atoms with Crippen LogP contribution in [-0.4, -0.2) is 21.7 Å². The second-order valence-corrected chi connectivity index (χ2v) is 5.75.